The van der Waals surface area contributed by atoms with Crippen molar-refractivity contribution in [2.45, 2.75) is 6.54 Å². The highest BCUT2D eigenvalue weighted by atomic mass is 79.9. The molecule has 2 rings (SSSR count). The predicted molar refractivity (Wildman–Crippen MR) is 89.6 cm³/mol. The topological polar surface area (TPSA) is 64.6 Å². The summed E-state index contributed by atoms with van der Waals surface area (Å²) < 4.78 is 10.6. The van der Waals surface area contributed by atoms with Crippen molar-refractivity contribution >= 4 is 27.8 Å². The molecule has 5 nitrogen and oxygen atoms in total. The maximum absolute atomic E-state index is 12.2. The molecule has 0 aliphatic rings. The third kappa shape index (κ3) is 4.32. The Morgan fingerprint density at radius 1 is 1.09 bits per heavy atom. The summed E-state index contributed by atoms with van der Waals surface area (Å²) in [6.45, 7) is 0.365. The summed E-state index contributed by atoms with van der Waals surface area (Å²) in [4.78, 5) is 23.7. The summed E-state index contributed by atoms with van der Waals surface area (Å²) in [5.74, 6) is -0.00714. The number of amides is 1. The molecule has 0 saturated carbocycles. The van der Waals surface area contributed by atoms with Crippen LogP contribution in [-0.4, -0.2) is 26.1 Å². The molecule has 0 spiro atoms. The molecule has 1 N–H and O–H groups in total. The van der Waals surface area contributed by atoms with Crippen LogP contribution in [0, 0.1) is 0 Å². The van der Waals surface area contributed by atoms with Crippen molar-refractivity contribution in [3.8, 4) is 5.75 Å². The molecule has 0 saturated heterocycles. The van der Waals surface area contributed by atoms with Gasteiger partial charge in [-0.3, -0.25) is 4.79 Å². The number of hydrogen-bond donors (Lipinski definition) is 1. The zero-order valence-corrected chi connectivity index (χ0v) is 14.3. The van der Waals surface area contributed by atoms with Gasteiger partial charge in [0.15, 0.2) is 0 Å². The fourth-order valence-electron chi connectivity index (χ4n) is 2.01. The van der Waals surface area contributed by atoms with Gasteiger partial charge in [-0.2, -0.15) is 0 Å². The highest BCUT2D eigenvalue weighted by Gasteiger charge is 2.10. The monoisotopic (exact) mass is 377 g/mol. The number of hydrogen-bond acceptors (Lipinski definition) is 4. The zero-order valence-electron chi connectivity index (χ0n) is 12.8. The van der Waals surface area contributed by atoms with E-state index >= 15 is 0 Å². The maximum Gasteiger partial charge on any atom is 0.337 e. The summed E-state index contributed by atoms with van der Waals surface area (Å²) in [5, 5.41) is 2.81. The average Bonchev–Trinajstić information content (AvgIpc) is 2.59. The van der Waals surface area contributed by atoms with Crippen LogP contribution in [0.1, 0.15) is 26.3 Å². The number of esters is 1. The Hall–Kier alpha value is -2.34. The number of halogens is 1. The van der Waals surface area contributed by atoms with E-state index in [9.17, 15) is 9.59 Å². The molecule has 0 atom stereocenters. The molecule has 0 aliphatic heterocycles. The van der Waals surface area contributed by atoms with Gasteiger partial charge in [-0.05, 0) is 51.8 Å². The van der Waals surface area contributed by atoms with Gasteiger partial charge in [0.25, 0.3) is 5.91 Å². The van der Waals surface area contributed by atoms with Gasteiger partial charge in [0.1, 0.15) is 5.75 Å². The summed E-state index contributed by atoms with van der Waals surface area (Å²) in [6, 6.07) is 12.0. The van der Waals surface area contributed by atoms with Gasteiger partial charge >= 0.3 is 5.97 Å². The van der Waals surface area contributed by atoms with Gasteiger partial charge < -0.3 is 14.8 Å². The zero-order chi connectivity index (χ0) is 16.8. The Balaban J connectivity index is 2.05. The quantitative estimate of drug-likeness (QED) is 0.812. The molecule has 0 unspecified atom stereocenters. The van der Waals surface area contributed by atoms with Crippen molar-refractivity contribution in [1.29, 1.82) is 0 Å². The van der Waals surface area contributed by atoms with E-state index in [2.05, 4.69) is 26.0 Å². The average molecular weight is 378 g/mol. The van der Waals surface area contributed by atoms with E-state index in [-0.39, 0.29) is 5.91 Å². The van der Waals surface area contributed by atoms with Gasteiger partial charge in [0.2, 0.25) is 0 Å². The highest BCUT2D eigenvalue weighted by Crippen LogP contribution is 2.25. The van der Waals surface area contributed by atoms with Crippen LogP contribution in [0.2, 0.25) is 0 Å². The summed E-state index contributed by atoms with van der Waals surface area (Å²) >= 11 is 3.40. The first-order chi connectivity index (χ1) is 11.0. The van der Waals surface area contributed by atoms with Crippen molar-refractivity contribution in [2.24, 2.45) is 0 Å². The molecular formula is C17H16BrNO4. The largest absolute Gasteiger partial charge is 0.496 e. The molecule has 2 aromatic rings. The van der Waals surface area contributed by atoms with E-state index in [4.69, 9.17) is 4.74 Å². The van der Waals surface area contributed by atoms with Crippen LogP contribution in [0.15, 0.2) is 46.9 Å². The van der Waals surface area contributed by atoms with E-state index in [1.165, 1.54) is 13.2 Å². The Morgan fingerprint density at radius 2 is 1.83 bits per heavy atom. The third-order valence-corrected chi connectivity index (χ3v) is 3.83. The van der Waals surface area contributed by atoms with E-state index in [0.29, 0.717) is 17.7 Å². The Labute approximate surface area is 142 Å². The van der Waals surface area contributed by atoms with Crippen molar-refractivity contribution in [2.75, 3.05) is 14.2 Å². The molecule has 0 radical (unpaired) electrons. The van der Waals surface area contributed by atoms with E-state index in [0.717, 1.165) is 15.8 Å². The van der Waals surface area contributed by atoms with Crippen molar-refractivity contribution in [3.05, 3.63) is 63.6 Å². The number of methoxy groups -OCH3 is 2. The van der Waals surface area contributed by atoms with Crippen LogP contribution in [0.5, 0.6) is 5.75 Å². The summed E-state index contributed by atoms with van der Waals surface area (Å²) in [7, 11) is 2.90. The van der Waals surface area contributed by atoms with E-state index in [1.807, 2.05) is 18.2 Å². The second-order valence-electron chi connectivity index (χ2n) is 4.72. The van der Waals surface area contributed by atoms with E-state index in [1.54, 1.807) is 25.3 Å². The Morgan fingerprint density at radius 3 is 2.48 bits per heavy atom. The molecule has 0 aliphatic carbocycles. The number of carbonyl (C=O) groups is 2. The number of carbonyl (C=O) groups excluding carboxylic acids is 2. The first-order valence-corrected chi connectivity index (χ1v) is 7.63. The lowest BCUT2D eigenvalue weighted by atomic mass is 10.1. The van der Waals surface area contributed by atoms with Crippen LogP contribution >= 0.6 is 15.9 Å². The predicted octanol–water partition coefficient (Wildman–Crippen LogP) is 3.17. The first kappa shape index (κ1) is 17.0. The summed E-state index contributed by atoms with van der Waals surface area (Å²) in [5.41, 5.74) is 1.67. The molecule has 1 amide bonds. The number of ether oxygens (including phenoxy) is 2. The van der Waals surface area contributed by atoms with Crippen LogP contribution in [0.4, 0.5) is 0 Å². The fraction of sp³-hybridized carbons (Fsp3) is 0.176. The molecule has 0 bridgehead atoms. The smallest absolute Gasteiger partial charge is 0.337 e. The second-order valence-corrected chi connectivity index (χ2v) is 5.58. The molecule has 0 aromatic heterocycles. The Kier molecular flexibility index (Phi) is 5.76. The van der Waals surface area contributed by atoms with Gasteiger partial charge in [-0.25, -0.2) is 4.79 Å². The number of benzene rings is 2. The number of rotatable bonds is 5. The fourth-order valence-corrected chi connectivity index (χ4v) is 2.60. The second kappa shape index (κ2) is 7.78. The third-order valence-electron chi connectivity index (χ3n) is 3.22. The summed E-state index contributed by atoms with van der Waals surface area (Å²) in [6.07, 6.45) is 0. The minimum Gasteiger partial charge on any atom is -0.496 e. The maximum atomic E-state index is 12.2. The van der Waals surface area contributed by atoms with Crippen LogP contribution in [-0.2, 0) is 11.3 Å². The lowest BCUT2D eigenvalue weighted by Gasteiger charge is -2.09. The van der Waals surface area contributed by atoms with Crippen LogP contribution < -0.4 is 10.1 Å². The minimum absolute atomic E-state index is 0.261. The van der Waals surface area contributed by atoms with Crippen molar-refractivity contribution < 1.29 is 19.1 Å². The Bertz CT molecular complexity index is 730. The van der Waals surface area contributed by atoms with Gasteiger partial charge in [0, 0.05) is 12.1 Å². The lowest BCUT2D eigenvalue weighted by molar-refractivity contribution is 0.0600. The highest BCUT2D eigenvalue weighted by molar-refractivity contribution is 9.10. The molecule has 2 aromatic carbocycles. The van der Waals surface area contributed by atoms with Crippen LogP contribution in [0.25, 0.3) is 0 Å². The number of nitrogens with one attached hydrogen (secondary N) is 1. The molecule has 23 heavy (non-hydrogen) atoms. The standard InChI is InChI=1S/C17H16BrNO4/c1-22-15-7-6-11(8-14(15)18)10-19-16(20)12-4-3-5-13(9-12)17(21)23-2/h3-9H,10H2,1-2H3,(H,19,20). The van der Waals surface area contributed by atoms with Gasteiger partial charge in [-0.15, -0.1) is 0 Å². The van der Waals surface area contributed by atoms with Gasteiger partial charge in [-0.1, -0.05) is 12.1 Å². The SMILES string of the molecule is COC(=O)c1cccc(C(=O)NCc2ccc(OC)c(Br)c2)c1. The molecular weight excluding hydrogens is 362 g/mol. The normalized spacial score (nSPS) is 10.0. The molecule has 0 fully saturated rings. The van der Waals surface area contributed by atoms with Crippen molar-refractivity contribution in [3.63, 3.8) is 0 Å². The van der Waals surface area contributed by atoms with E-state index < -0.39 is 5.97 Å². The first-order valence-electron chi connectivity index (χ1n) is 6.84. The molecule has 120 valence electrons. The van der Waals surface area contributed by atoms with Crippen LogP contribution in [0.3, 0.4) is 0 Å². The lowest BCUT2D eigenvalue weighted by Crippen LogP contribution is -2.23. The van der Waals surface area contributed by atoms with Gasteiger partial charge in [0.05, 0.1) is 24.3 Å². The molecule has 0 heterocycles. The minimum atomic E-state index is -0.473. The molecule has 6 heteroatoms. The van der Waals surface area contributed by atoms with Crippen molar-refractivity contribution in [1.82, 2.24) is 5.32 Å².